The summed E-state index contributed by atoms with van der Waals surface area (Å²) in [4.78, 5) is 13.2. The van der Waals surface area contributed by atoms with Gasteiger partial charge in [0.05, 0.1) is 4.90 Å². The van der Waals surface area contributed by atoms with Crippen LogP contribution in [0.15, 0.2) is 83.8 Å². The number of anilines is 1. The number of nitrogens with one attached hydrogen (secondary N) is 2. The molecular formula is C23H18ClN3O3S. The predicted octanol–water partition coefficient (Wildman–Crippen LogP) is 5.05. The Morgan fingerprint density at radius 3 is 2.13 bits per heavy atom. The summed E-state index contributed by atoms with van der Waals surface area (Å²) in [5.41, 5.74) is 3.49. The van der Waals surface area contributed by atoms with Crippen molar-refractivity contribution >= 4 is 33.0 Å². The summed E-state index contributed by atoms with van der Waals surface area (Å²) in [6, 6.07) is 22.6. The van der Waals surface area contributed by atoms with E-state index in [1.165, 1.54) is 12.1 Å². The summed E-state index contributed by atoms with van der Waals surface area (Å²) >= 11 is 6.04. The van der Waals surface area contributed by atoms with Crippen molar-refractivity contribution in [3.8, 4) is 22.4 Å². The van der Waals surface area contributed by atoms with Crippen LogP contribution in [0.1, 0.15) is 10.5 Å². The molecule has 1 heterocycles. The Bertz CT molecular complexity index is 1330. The zero-order chi connectivity index (χ0) is 22.0. The Kier molecular flexibility index (Phi) is 5.63. The van der Waals surface area contributed by atoms with Gasteiger partial charge in [-0.15, -0.1) is 0 Å². The summed E-state index contributed by atoms with van der Waals surface area (Å²) in [6.45, 7) is 0. The molecule has 31 heavy (non-hydrogen) atoms. The number of H-pyrrole nitrogens is 1. The number of halogens is 1. The lowest BCUT2D eigenvalue weighted by molar-refractivity contribution is 0.102. The first-order valence-corrected chi connectivity index (χ1v) is 11.6. The fourth-order valence-corrected chi connectivity index (χ4v) is 3.94. The first kappa shape index (κ1) is 20.8. The van der Waals surface area contributed by atoms with Crippen LogP contribution in [-0.4, -0.2) is 30.8 Å². The lowest BCUT2D eigenvalue weighted by Gasteiger charge is -2.08. The Morgan fingerprint density at radius 2 is 1.52 bits per heavy atom. The van der Waals surface area contributed by atoms with Crippen molar-refractivity contribution in [1.82, 2.24) is 10.2 Å². The van der Waals surface area contributed by atoms with Crippen LogP contribution < -0.4 is 5.32 Å². The molecule has 8 heteroatoms. The van der Waals surface area contributed by atoms with Crippen LogP contribution in [0.4, 0.5) is 5.69 Å². The molecule has 6 nitrogen and oxygen atoms in total. The van der Waals surface area contributed by atoms with Crippen LogP contribution in [0.2, 0.25) is 5.02 Å². The number of carbonyl (C=O) groups excluding carboxylic acids is 1. The number of benzene rings is 3. The molecule has 0 aliphatic carbocycles. The van der Waals surface area contributed by atoms with Crippen molar-refractivity contribution in [3.05, 3.63) is 89.6 Å². The molecule has 0 fully saturated rings. The smallest absolute Gasteiger partial charge is 0.274 e. The Morgan fingerprint density at radius 1 is 0.903 bits per heavy atom. The second kappa shape index (κ2) is 8.37. The largest absolute Gasteiger partial charge is 0.321 e. The van der Waals surface area contributed by atoms with Crippen molar-refractivity contribution in [3.63, 3.8) is 0 Å². The number of hydrogen-bond donors (Lipinski definition) is 2. The zero-order valence-electron chi connectivity index (χ0n) is 16.5. The third-order valence-corrected chi connectivity index (χ3v) is 6.09. The number of carbonyl (C=O) groups is 1. The molecule has 156 valence electrons. The average molecular weight is 452 g/mol. The quantitative estimate of drug-likeness (QED) is 0.444. The number of para-hydroxylation sites is 1. The normalized spacial score (nSPS) is 11.3. The number of nitrogens with zero attached hydrogens (tertiary/aromatic N) is 1. The van der Waals surface area contributed by atoms with Crippen LogP contribution in [0.5, 0.6) is 0 Å². The SMILES string of the molecule is CS(=O)(=O)c1ccc(-c2n[nH]c(C(=O)Nc3ccccc3)c2-c2ccc(Cl)cc2)cc1. The van der Waals surface area contributed by atoms with Gasteiger partial charge < -0.3 is 5.32 Å². The van der Waals surface area contributed by atoms with E-state index in [4.69, 9.17) is 11.6 Å². The zero-order valence-corrected chi connectivity index (χ0v) is 18.0. The van der Waals surface area contributed by atoms with Gasteiger partial charge >= 0.3 is 0 Å². The predicted molar refractivity (Wildman–Crippen MR) is 122 cm³/mol. The van der Waals surface area contributed by atoms with Gasteiger partial charge in [0, 0.05) is 28.1 Å². The summed E-state index contributed by atoms with van der Waals surface area (Å²) in [5.74, 6) is -0.345. The summed E-state index contributed by atoms with van der Waals surface area (Å²) in [6.07, 6.45) is 1.15. The van der Waals surface area contributed by atoms with Gasteiger partial charge in [0.15, 0.2) is 9.84 Å². The molecule has 0 atom stereocenters. The highest BCUT2D eigenvalue weighted by molar-refractivity contribution is 7.90. The number of hydrogen-bond acceptors (Lipinski definition) is 4. The van der Waals surface area contributed by atoms with E-state index < -0.39 is 9.84 Å². The monoisotopic (exact) mass is 451 g/mol. The highest BCUT2D eigenvalue weighted by Crippen LogP contribution is 2.34. The number of amides is 1. The molecule has 0 unspecified atom stereocenters. The second-order valence-corrected chi connectivity index (χ2v) is 9.40. The van der Waals surface area contributed by atoms with Crippen molar-refractivity contribution < 1.29 is 13.2 Å². The molecule has 4 rings (SSSR count). The van der Waals surface area contributed by atoms with E-state index in [0.717, 1.165) is 11.8 Å². The van der Waals surface area contributed by atoms with E-state index in [1.54, 1.807) is 48.5 Å². The summed E-state index contributed by atoms with van der Waals surface area (Å²) < 4.78 is 23.6. The van der Waals surface area contributed by atoms with Gasteiger partial charge in [0.2, 0.25) is 0 Å². The molecule has 0 aliphatic heterocycles. The average Bonchev–Trinajstić information content (AvgIpc) is 3.20. The molecule has 4 aromatic rings. The molecule has 1 aromatic heterocycles. The van der Waals surface area contributed by atoms with Gasteiger partial charge in [-0.2, -0.15) is 5.10 Å². The van der Waals surface area contributed by atoms with Crippen molar-refractivity contribution in [2.45, 2.75) is 4.90 Å². The number of aromatic nitrogens is 2. The van der Waals surface area contributed by atoms with Gasteiger partial charge in [-0.1, -0.05) is 54.1 Å². The molecule has 0 radical (unpaired) electrons. The molecular weight excluding hydrogens is 434 g/mol. The van der Waals surface area contributed by atoms with Gasteiger partial charge in [-0.25, -0.2) is 8.42 Å². The maximum absolute atomic E-state index is 13.0. The maximum atomic E-state index is 13.0. The highest BCUT2D eigenvalue weighted by Gasteiger charge is 2.22. The van der Waals surface area contributed by atoms with Crippen LogP contribution in [-0.2, 0) is 9.84 Å². The van der Waals surface area contributed by atoms with Crippen LogP contribution >= 0.6 is 11.6 Å². The first-order chi connectivity index (χ1) is 14.8. The van der Waals surface area contributed by atoms with E-state index in [2.05, 4.69) is 15.5 Å². The summed E-state index contributed by atoms with van der Waals surface area (Å²) in [5, 5.41) is 10.6. The lowest BCUT2D eigenvalue weighted by Crippen LogP contribution is -2.13. The van der Waals surface area contributed by atoms with E-state index in [0.29, 0.717) is 27.5 Å². The number of sulfone groups is 1. The van der Waals surface area contributed by atoms with Crippen LogP contribution in [0.3, 0.4) is 0 Å². The lowest BCUT2D eigenvalue weighted by atomic mass is 9.98. The fourth-order valence-electron chi connectivity index (χ4n) is 3.19. The third kappa shape index (κ3) is 4.52. The second-order valence-electron chi connectivity index (χ2n) is 6.95. The van der Waals surface area contributed by atoms with E-state index in [-0.39, 0.29) is 16.5 Å². The fraction of sp³-hybridized carbons (Fsp3) is 0.0435. The molecule has 0 saturated heterocycles. The van der Waals surface area contributed by atoms with E-state index in [9.17, 15) is 13.2 Å². The number of rotatable bonds is 5. The maximum Gasteiger partial charge on any atom is 0.274 e. The van der Waals surface area contributed by atoms with Crippen LogP contribution in [0.25, 0.3) is 22.4 Å². The van der Waals surface area contributed by atoms with Crippen molar-refractivity contribution in [2.75, 3.05) is 11.6 Å². The molecule has 0 saturated carbocycles. The molecule has 2 N–H and O–H groups in total. The molecule has 0 aliphatic rings. The Balaban J connectivity index is 1.80. The first-order valence-electron chi connectivity index (χ1n) is 9.34. The standard InChI is InChI=1S/C23H18ClN3O3S/c1-31(29,30)19-13-9-16(10-14-19)21-20(15-7-11-17(24)12-8-15)22(27-26-21)23(28)25-18-5-3-2-4-6-18/h2-14H,1H3,(H,25,28)(H,26,27). The Labute approximate surface area is 184 Å². The Hall–Kier alpha value is -3.42. The minimum atomic E-state index is -3.32. The molecule has 1 amide bonds. The number of aromatic amines is 1. The highest BCUT2D eigenvalue weighted by atomic mass is 35.5. The molecule has 0 spiro atoms. The minimum absolute atomic E-state index is 0.210. The molecule has 3 aromatic carbocycles. The van der Waals surface area contributed by atoms with E-state index in [1.807, 2.05) is 18.2 Å². The minimum Gasteiger partial charge on any atom is -0.321 e. The third-order valence-electron chi connectivity index (χ3n) is 4.71. The van der Waals surface area contributed by atoms with Crippen molar-refractivity contribution in [2.24, 2.45) is 0 Å². The van der Waals surface area contributed by atoms with Gasteiger partial charge in [-0.05, 0) is 42.0 Å². The van der Waals surface area contributed by atoms with Gasteiger partial charge in [0.25, 0.3) is 5.91 Å². The van der Waals surface area contributed by atoms with E-state index >= 15 is 0 Å². The van der Waals surface area contributed by atoms with Gasteiger partial charge in [0.1, 0.15) is 11.4 Å². The van der Waals surface area contributed by atoms with Crippen LogP contribution in [0, 0.1) is 0 Å². The summed E-state index contributed by atoms with van der Waals surface area (Å²) in [7, 11) is -3.32. The van der Waals surface area contributed by atoms with Gasteiger partial charge in [-0.3, -0.25) is 9.89 Å². The molecule has 0 bridgehead atoms. The topological polar surface area (TPSA) is 91.9 Å². The van der Waals surface area contributed by atoms with Crippen molar-refractivity contribution in [1.29, 1.82) is 0 Å².